The predicted molar refractivity (Wildman–Crippen MR) is 118 cm³/mol. The molecular weight excluding hydrogens is 463 g/mol. The van der Waals surface area contributed by atoms with Crippen molar-refractivity contribution in [3.8, 4) is 0 Å². The van der Waals surface area contributed by atoms with Gasteiger partial charge in [-0.25, -0.2) is 5.06 Å². The normalized spacial score (nSPS) is 22.6. The molecule has 1 N–H and O–H groups in total. The molecule has 1 amide bonds. The van der Waals surface area contributed by atoms with Gasteiger partial charge in [-0.15, -0.1) is 0 Å². The minimum atomic E-state index is -0.421. The third-order valence-corrected chi connectivity index (χ3v) is 6.19. The Hall–Kier alpha value is -2.38. The van der Waals surface area contributed by atoms with E-state index in [1.54, 1.807) is 5.06 Å². The van der Waals surface area contributed by atoms with E-state index in [1.807, 2.05) is 60.7 Å². The van der Waals surface area contributed by atoms with Gasteiger partial charge in [0.1, 0.15) is 6.04 Å². The summed E-state index contributed by atoms with van der Waals surface area (Å²) in [6, 6.07) is 25.7. The molecule has 0 aromatic heterocycles. The average molecular weight is 482 g/mol. The second-order valence-corrected chi connectivity index (χ2v) is 8.42. The topological polar surface area (TPSA) is 41.6 Å². The largest absolute Gasteiger partial charge is 0.324 e. The lowest BCUT2D eigenvalue weighted by Gasteiger charge is -2.27. The van der Waals surface area contributed by atoms with Gasteiger partial charge in [0, 0.05) is 21.6 Å². The Morgan fingerprint density at radius 3 is 2.46 bits per heavy atom. The number of nitrogens with zero attached hydrogens (tertiary/aromatic N) is 1. The zero-order valence-electron chi connectivity index (χ0n) is 15.1. The Kier molecular flexibility index (Phi) is 4.56. The fraction of sp³-hybridized carbons (Fsp3) is 0.174. The molecule has 1 aliphatic carbocycles. The molecule has 2 aliphatic rings. The molecule has 1 saturated heterocycles. The number of amides is 1. The van der Waals surface area contributed by atoms with E-state index in [2.05, 4.69) is 46.1 Å². The van der Waals surface area contributed by atoms with Crippen LogP contribution in [0.15, 0.2) is 78.9 Å². The van der Waals surface area contributed by atoms with Gasteiger partial charge in [-0.1, -0.05) is 42.5 Å². The first kappa shape index (κ1) is 17.7. The molecule has 0 unspecified atom stereocenters. The van der Waals surface area contributed by atoms with Crippen LogP contribution in [0.3, 0.4) is 0 Å². The van der Waals surface area contributed by atoms with Crippen LogP contribution in [0.25, 0.3) is 0 Å². The average Bonchev–Trinajstić information content (AvgIpc) is 3.26. The van der Waals surface area contributed by atoms with E-state index in [9.17, 15) is 4.79 Å². The van der Waals surface area contributed by atoms with Gasteiger partial charge in [-0.2, -0.15) is 0 Å². The Morgan fingerprint density at radius 2 is 1.68 bits per heavy atom. The Labute approximate surface area is 177 Å². The maximum Gasteiger partial charge on any atom is 0.250 e. The summed E-state index contributed by atoms with van der Waals surface area (Å²) in [5.74, 6) is -0.0329. The fourth-order valence-corrected chi connectivity index (χ4v) is 4.60. The van der Waals surface area contributed by atoms with Gasteiger partial charge in [-0.3, -0.25) is 9.63 Å². The van der Waals surface area contributed by atoms with Gasteiger partial charge in [0.25, 0.3) is 0 Å². The van der Waals surface area contributed by atoms with Crippen molar-refractivity contribution >= 4 is 39.9 Å². The SMILES string of the molecule is O=C(Nc1ccc(I)cc1)[C@H]1[C@@H]2c3ccccc3C[C@@H]2ON1c1ccccc1. The molecule has 3 atom stereocenters. The molecule has 0 bridgehead atoms. The smallest absolute Gasteiger partial charge is 0.250 e. The van der Waals surface area contributed by atoms with Crippen LogP contribution in [-0.2, 0) is 16.1 Å². The highest BCUT2D eigenvalue weighted by Crippen LogP contribution is 2.46. The van der Waals surface area contributed by atoms with Crippen molar-refractivity contribution in [3.63, 3.8) is 0 Å². The van der Waals surface area contributed by atoms with E-state index in [0.717, 1.165) is 21.4 Å². The number of anilines is 2. The van der Waals surface area contributed by atoms with Gasteiger partial charge in [0.05, 0.1) is 11.8 Å². The zero-order chi connectivity index (χ0) is 19.1. The third-order valence-electron chi connectivity index (χ3n) is 5.47. The first-order valence-electron chi connectivity index (χ1n) is 9.36. The summed E-state index contributed by atoms with van der Waals surface area (Å²) >= 11 is 2.26. The van der Waals surface area contributed by atoms with Gasteiger partial charge in [-0.05, 0) is 70.1 Å². The molecular formula is C23H19IN2O2. The molecule has 0 radical (unpaired) electrons. The van der Waals surface area contributed by atoms with Crippen LogP contribution in [-0.4, -0.2) is 18.1 Å². The Balaban J connectivity index is 1.51. The first-order chi connectivity index (χ1) is 13.7. The lowest BCUT2D eigenvalue weighted by molar-refractivity contribution is -0.118. The summed E-state index contributed by atoms with van der Waals surface area (Å²) in [5.41, 5.74) is 4.19. The lowest BCUT2D eigenvalue weighted by Crippen LogP contribution is -2.42. The maximum absolute atomic E-state index is 13.4. The van der Waals surface area contributed by atoms with E-state index in [4.69, 9.17) is 4.84 Å². The van der Waals surface area contributed by atoms with E-state index in [1.165, 1.54) is 11.1 Å². The number of hydrogen-bond donors (Lipinski definition) is 1. The van der Waals surface area contributed by atoms with Gasteiger partial charge in [0.15, 0.2) is 0 Å². The number of nitrogens with one attached hydrogen (secondary N) is 1. The van der Waals surface area contributed by atoms with Crippen molar-refractivity contribution in [1.82, 2.24) is 0 Å². The summed E-state index contributed by atoms with van der Waals surface area (Å²) in [6.45, 7) is 0. The number of hydroxylamine groups is 1. The predicted octanol–water partition coefficient (Wildman–Crippen LogP) is 4.76. The zero-order valence-corrected chi connectivity index (χ0v) is 17.2. The van der Waals surface area contributed by atoms with Crippen molar-refractivity contribution in [1.29, 1.82) is 0 Å². The van der Waals surface area contributed by atoms with Crippen molar-refractivity contribution in [2.75, 3.05) is 10.4 Å². The molecule has 5 heteroatoms. The van der Waals surface area contributed by atoms with Gasteiger partial charge < -0.3 is 5.32 Å². The van der Waals surface area contributed by atoms with Crippen LogP contribution < -0.4 is 10.4 Å². The van der Waals surface area contributed by atoms with Gasteiger partial charge >= 0.3 is 0 Å². The van der Waals surface area contributed by atoms with Crippen molar-refractivity contribution < 1.29 is 9.63 Å². The van der Waals surface area contributed by atoms with E-state index in [0.29, 0.717) is 0 Å². The molecule has 4 nitrogen and oxygen atoms in total. The highest BCUT2D eigenvalue weighted by atomic mass is 127. The number of para-hydroxylation sites is 1. The molecule has 0 saturated carbocycles. The number of halogens is 1. The standard InChI is InChI=1S/C23H19IN2O2/c24-16-10-12-17(13-11-16)25-23(27)22-21-19-9-5-4-6-15(19)14-20(21)28-26(22)18-7-2-1-3-8-18/h1-13,20-22H,14H2,(H,25,27)/t20-,21+,22+/m0/s1. The van der Waals surface area contributed by atoms with Gasteiger partial charge in [0.2, 0.25) is 5.91 Å². The van der Waals surface area contributed by atoms with Crippen molar-refractivity contribution in [2.24, 2.45) is 0 Å². The van der Waals surface area contributed by atoms with E-state index >= 15 is 0 Å². The Morgan fingerprint density at radius 1 is 0.964 bits per heavy atom. The summed E-state index contributed by atoms with van der Waals surface area (Å²) in [7, 11) is 0. The number of carbonyl (C=O) groups is 1. The third kappa shape index (κ3) is 3.08. The van der Waals surface area contributed by atoms with Crippen LogP contribution >= 0.6 is 22.6 Å². The Bertz CT molecular complexity index is 1010. The fourth-order valence-electron chi connectivity index (χ4n) is 4.24. The lowest BCUT2D eigenvalue weighted by atomic mass is 9.91. The van der Waals surface area contributed by atoms with Crippen LogP contribution in [0, 0.1) is 3.57 Å². The summed E-state index contributed by atoms with van der Waals surface area (Å²) in [6.07, 6.45) is 0.808. The summed E-state index contributed by atoms with van der Waals surface area (Å²) in [4.78, 5) is 19.7. The number of fused-ring (bicyclic) bond motifs is 3. The van der Waals surface area contributed by atoms with E-state index < -0.39 is 6.04 Å². The highest BCUT2D eigenvalue weighted by molar-refractivity contribution is 14.1. The molecule has 1 fully saturated rings. The molecule has 1 heterocycles. The number of carbonyl (C=O) groups excluding carboxylic acids is 1. The summed E-state index contributed by atoms with van der Waals surface area (Å²) < 4.78 is 1.13. The number of hydrogen-bond acceptors (Lipinski definition) is 3. The summed E-state index contributed by atoms with van der Waals surface area (Å²) in [5, 5.41) is 4.89. The van der Waals surface area contributed by atoms with Crippen LogP contribution in [0.2, 0.25) is 0 Å². The molecule has 140 valence electrons. The van der Waals surface area contributed by atoms with Crippen molar-refractivity contribution in [2.45, 2.75) is 24.5 Å². The molecule has 3 aromatic rings. The minimum Gasteiger partial charge on any atom is -0.324 e. The maximum atomic E-state index is 13.4. The van der Waals surface area contributed by atoms with E-state index in [-0.39, 0.29) is 17.9 Å². The molecule has 0 spiro atoms. The second-order valence-electron chi connectivity index (χ2n) is 7.17. The number of rotatable bonds is 3. The molecule has 28 heavy (non-hydrogen) atoms. The minimum absolute atomic E-state index is 0.0141. The quantitative estimate of drug-likeness (QED) is 0.548. The molecule has 5 rings (SSSR count). The molecule has 1 aliphatic heterocycles. The second kappa shape index (κ2) is 7.22. The highest BCUT2D eigenvalue weighted by Gasteiger charge is 2.52. The molecule has 3 aromatic carbocycles. The van der Waals surface area contributed by atoms with Crippen LogP contribution in [0.1, 0.15) is 17.0 Å². The van der Waals surface area contributed by atoms with Crippen LogP contribution in [0.4, 0.5) is 11.4 Å². The first-order valence-corrected chi connectivity index (χ1v) is 10.4. The van der Waals surface area contributed by atoms with Crippen LogP contribution in [0.5, 0.6) is 0 Å². The number of benzene rings is 3. The monoisotopic (exact) mass is 482 g/mol. The van der Waals surface area contributed by atoms with Crippen molar-refractivity contribution in [3.05, 3.63) is 93.6 Å².